The van der Waals surface area contributed by atoms with Crippen LogP contribution in [0.4, 0.5) is 0 Å². The van der Waals surface area contributed by atoms with Crippen LogP contribution in [0.15, 0.2) is 42.5 Å². The van der Waals surface area contributed by atoms with Gasteiger partial charge in [0.2, 0.25) is 0 Å². The molecule has 4 rings (SSSR count). The van der Waals surface area contributed by atoms with E-state index in [1.165, 1.54) is 5.56 Å². The molecule has 3 heteroatoms. The predicted molar refractivity (Wildman–Crippen MR) is 128 cm³/mol. The number of ketones is 3. The van der Waals surface area contributed by atoms with E-state index in [0.29, 0.717) is 6.42 Å². The highest BCUT2D eigenvalue weighted by Gasteiger charge is 2.46. The van der Waals surface area contributed by atoms with Crippen LogP contribution in [-0.2, 0) is 14.4 Å². The van der Waals surface area contributed by atoms with Crippen LogP contribution < -0.4 is 0 Å². The van der Waals surface area contributed by atoms with Crippen LogP contribution in [0.2, 0.25) is 0 Å². The Morgan fingerprint density at radius 3 is 2.19 bits per heavy atom. The first kappa shape index (κ1) is 22.4. The Morgan fingerprint density at radius 2 is 1.59 bits per heavy atom. The number of hydrogen-bond acceptors (Lipinski definition) is 3. The molecular weight excluding hydrogens is 396 g/mol. The number of Topliss-reactive ketones (excluding diaryl/α,β-unsaturated/α-hetero) is 3. The SMILES string of the molecule is Cc1ccc(/C=C/C2(CC(=O)CC3CC(=O)C(c4c(C)cc(C)cc4C)C3=O)CC2)cc1. The van der Waals surface area contributed by atoms with E-state index in [0.717, 1.165) is 40.7 Å². The highest BCUT2D eigenvalue weighted by molar-refractivity contribution is 6.15. The summed E-state index contributed by atoms with van der Waals surface area (Å²) in [5.41, 5.74) is 6.24. The van der Waals surface area contributed by atoms with Crippen molar-refractivity contribution in [2.75, 3.05) is 0 Å². The number of aryl methyl sites for hydroxylation is 4. The maximum Gasteiger partial charge on any atom is 0.151 e. The first-order valence-corrected chi connectivity index (χ1v) is 11.6. The Labute approximate surface area is 190 Å². The fraction of sp³-hybridized carbons (Fsp3) is 0.414. The topological polar surface area (TPSA) is 51.2 Å². The molecule has 0 radical (unpaired) electrons. The summed E-state index contributed by atoms with van der Waals surface area (Å²) in [6, 6.07) is 12.4. The van der Waals surface area contributed by atoms with Gasteiger partial charge in [-0.2, -0.15) is 0 Å². The van der Waals surface area contributed by atoms with E-state index < -0.39 is 11.8 Å². The lowest BCUT2D eigenvalue weighted by molar-refractivity contribution is -0.128. The first-order chi connectivity index (χ1) is 15.2. The smallest absolute Gasteiger partial charge is 0.151 e. The van der Waals surface area contributed by atoms with Crippen LogP contribution in [0, 0.1) is 39.0 Å². The van der Waals surface area contributed by atoms with Gasteiger partial charge in [0.1, 0.15) is 17.5 Å². The summed E-state index contributed by atoms with van der Waals surface area (Å²) < 4.78 is 0. The Morgan fingerprint density at radius 1 is 0.969 bits per heavy atom. The molecule has 0 N–H and O–H groups in total. The fourth-order valence-corrected chi connectivity index (χ4v) is 5.23. The molecule has 2 unspecified atom stereocenters. The van der Waals surface area contributed by atoms with E-state index >= 15 is 0 Å². The zero-order valence-corrected chi connectivity index (χ0v) is 19.5. The zero-order chi connectivity index (χ0) is 23.0. The molecule has 2 aromatic rings. The summed E-state index contributed by atoms with van der Waals surface area (Å²) in [4.78, 5) is 38.9. The number of allylic oxidation sites excluding steroid dienone is 1. The third-order valence-electron chi connectivity index (χ3n) is 7.11. The molecule has 0 heterocycles. The van der Waals surface area contributed by atoms with Crippen LogP contribution in [-0.4, -0.2) is 17.3 Å². The van der Waals surface area contributed by atoms with E-state index in [1.807, 2.05) is 32.9 Å². The average molecular weight is 429 g/mol. The third-order valence-corrected chi connectivity index (χ3v) is 7.11. The molecule has 0 aromatic heterocycles. The molecular formula is C29H32O3. The molecule has 2 aromatic carbocycles. The molecule has 2 aliphatic carbocycles. The van der Waals surface area contributed by atoms with Gasteiger partial charge < -0.3 is 0 Å². The first-order valence-electron chi connectivity index (χ1n) is 11.6. The number of benzene rings is 2. The standard InChI is InChI=1S/C29H32O3/c1-18-5-7-22(8-6-18)9-10-29(11-12-29)17-24(30)15-23-16-25(31)27(28(23)32)26-20(3)13-19(2)14-21(26)4/h5-10,13-14,23,27H,11-12,15-17H2,1-4H3/b10-9+. The van der Waals surface area contributed by atoms with E-state index in [4.69, 9.17) is 0 Å². The van der Waals surface area contributed by atoms with Crippen molar-refractivity contribution in [3.05, 3.63) is 75.9 Å². The number of carbonyl (C=O) groups is 3. The van der Waals surface area contributed by atoms with Crippen molar-refractivity contribution in [3.8, 4) is 0 Å². The Balaban J connectivity index is 1.41. The highest BCUT2D eigenvalue weighted by atomic mass is 16.2. The molecule has 2 saturated carbocycles. The quantitative estimate of drug-likeness (QED) is 0.508. The van der Waals surface area contributed by atoms with Crippen LogP contribution in [0.25, 0.3) is 6.08 Å². The van der Waals surface area contributed by atoms with Crippen molar-refractivity contribution in [1.82, 2.24) is 0 Å². The summed E-state index contributed by atoms with van der Waals surface area (Å²) in [7, 11) is 0. The van der Waals surface area contributed by atoms with E-state index in [9.17, 15) is 14.4 Å². The summed E-state index contributed by atoms with van der Waals surface area (Å²) in [6.07, 6.45) is 7.11. The number of rotatable bonds is 7. The molecule has 166 valence electrons. The second-order valence-electron chi connectivity index (χ2n) is 10.0. The highest BCUT2D eigenvalue weighted by Crippen LogP contribution is 2.51. The van der Waals surface area contributed by atoms with Crippen LogP contribution in [0.5, 0.6) is 0 Å². The van der Waals surface area contributed by atoms with Crippen molar-refractivity contribution in [2.24, 2.45) is 11.3 Å². The van der Waals surface area contributed by atoms with Gasteiger partial charge in [0, 0.05) is 25.2 Å². The van der Waals surface area contributed by atoms with Crippen LogP contribution >= 0.6 is 0 Å². The van der Waals surface area contributed by atoms with Gasteiger partial charge in [-0.15, -0.1) is 0 Å². The van der Waals surface area contributed by atoms with Gasteiger partial charge in [0.15, 0.2) is 5.78 Å². The van der Waals surface area contributed by atoms with Crippen molar-refractivity contribution in [2.45, 2.75) is 65.7 Å². The maximum atomic E-state index is 13.2. The Kier molecular flexibility index (Phi) is 6.03. The predicted octanol–water partition coefficient (Wildman–Crippen LogP) is 6.00. The van der Waals surface area contributed by atoms with Crippen molar-refractivity contribution >= 4 is 23.4 Å². The minimum atomic E-state index is -0.704. The van der Waals surface area contributed by atoms with Gasteiger partial charge in [0.05, 0.1) is 0 Å². The summed E-state index contributed by atoms with van der Waals surface area (Å²) in [5.74, 6) is -1.19. The Bertz CT molecular complexity index is 1080. The monoisotopic (exact) mass is 428 g/mol. The average Bonchev–Trinajstić information content (AvgIpc) is 3.42. The molecule has 0 spiro atoms. The van der Waals surface area contributed by atoms with Crippen molar-refractivity contribution in [1.29, 1.82) is 0 Å². The van der Waals surface area contributed by atoms with Gasteiger partial charge in [-0.3, -0.25) is 14.4 Å². The number of hydrogen-bond donors (Lipinski definition) is 0. The zero-order valence-electron chi connectivity index (χ0n) is 19.5. The molecule has 0 saturated heterocycles. The molecule has 0 aliphatic heterocycles. The molecule has 2 aliphatic rings. The minimum Gasteiger partial charge on any atom is -0.300 e. The van der Waals surface area contributed by atoms with Gasteiger partial charge in [-0.1, -0.05) is 59.7 Å². The Hall–Kier alpha value is -2.81. The lowest BCUT2D eigenvalue weighted by atomic mass is 9.85. The number of carbonyl (C=O) groups excluding carboxylic acids is 3. The fourth-order valence-electron chi connectivity index (χ4n) is 5.23. The van der Waals surface area contributed by atoms with Crippen LogP contribution in [0.3, 0.4) is 0 Å². The second-order valence-corrected chi connectivity index (χ2v) is 10.0. The van der Waals surface area contributed by atoms with Crippen LogP contribution in [0.1, 0.15) is 71.4 Å². The van der Waals surface area contributed by atoms with Crippen molar-refractivity contribution in [3.63, 3.8) is 0 Å². The van der Waals surface area contributed by atoms with Gasteiger partial charge in [-0.25, -0.2) is 0 Å². The summed E-state index contributed by atoms with van der Waals surface area (Å²) >= 11 is 0. The second kappa shape index (κ2) is 8.61. The normalized spacial score (nSPS) is 22.0. The van der Waals surface area contributed by atoms with Crippen molar-refractivity contribution < 1.29 is 14.4 Å². The molecule has 2 fully saturated rings. The molecule has 32 heavy (non-hydrogen) atoms. The summed E-state index contributed by atoms with van der Waals surface area (Å²) in [6.45, 7) is 8.01. The molecule has 0 bridgehead atoms. The minimum absolute atomic E-state index is 0.0387. The molecule has 3 nitrogen and oxygen atoms in total. The maximum absolute atomic E-state index is 13.2. The lowest BCUT2D eigenvalue weighted by Crippen LogP contribution is -2.20. The van der Waals surface area contributed by atoms with E-state index in [1.54, 1.807) is 0 Å². The van der Waals surface area contributed by atoms with E-state index in [2.05, 4.69) is 43.3 Å². The lowest BCUT2D eigenvalue weighted by Gasteiger charge is -2.16. The van der Waals surface area contributed by atoms with Gasteiger partial charge in [-0.05, 0) is 68.2 Å². The molecule has 2 atom stereocenters. The third kappa shape index (κ3) is 4.67. The van der Waals surface area contributed by atoms with Gasteiger partial charge >= 0.3 is 0 Å². The largest absolute Gasteiger partial charge is 0.300 e. The summed E-state index contributed by atoms with van der Waals surface area (Å²) in [5, 5.41) is 0. The molecule has 0 amide bonds. The van der Waals surface area contributed by atoms with Gasteiger partial charge in [0.25, 0.3) is 0 Å². The van der Waals surface area contributed by atoms with E-state index in [-0.39, 0.29) is 35.6 Å².